The van der Waals surface area contributed by atoms with E-state index in [1.165, 1.54) is 24.3 Å². The van der Waals surface area contributed by atoms with E-state index >= 15 is 0 Å². The van der Waals surface area contributed by atoms with Gasteiger partial charge < -0.3 is 14.8 Å². The number of rotatable bonds is 8. The number of thiocarbonyl (C=S) groups is 1. The van der Waals surface area contributed by atoms with Gasteiger partial charge in [-0.25, -0.2) is 8.78 Å². The first-order valence-corrected chi connectivity index (χ1v) is 9.62. The van der Waals surface area contributed by atoms with Gasteiger partial charge in [0.2, 0.25) is 0 Å². The summed E-state index contributed by atoms with van der Waals surface area (Å²) < 4.78 is 37.6. The van der Waals surface area contributed by atoms with E-state index in [1.54, 1.807) is 30.3 Å². The lowest BCUT2D eigenvalue weighted by atomic mass is 10.1. The van der Waals surface area contributed by atoms with Gasteiger partial charge >= 0.3 is 0 Å². The first kappa shape index (κ1) is 20.7. The molecule has 0 aliphatic carbocycles. The van der Waals surface area contributed by atoms with Gasteiger partial charge in [-0.15, -0.1) is 0 Å². The van der Waals surface area contributed by atoms with Gasteiger partial charge in [0.1, 0.15) is 23.2 Å². The molecule has 3 aromatic carbocycles. The Morgan fingerprint density at radius 3 is 2.07 bits per heavy atom. The molecule has 0 fully saturated rings. The SMILES string of the molecule is CCOc1cc(C(=S)NCc2ccc(F)cc2)ccc1OCc1ccc(F)cc1. The van der Waals surface area contributed by atoms with E-state index in [0.717, 1.165) is 16.7 Å². The molecule has 0 bridgehead atoms. The number of hydrogen-bond acceptors (Lipinski definition) is 3. The van der Waals surface area contributed by atoms with Crippen molar-refractivity contribution >= 4 is 17.2 Å². The average molecular weight is 413 g/mol. The van der Waals surface area contributed by atoms with Gasteiger partial charge in [-0.2, -0.15) is 0 Å². The first-order chi connectivity index (χ1) is 14.0. The van der Waals surface area contributed by atoms with Crippen LogP contribution in [0, 0.1) is 11.6 Å². The van der Waals surface area contributed by atoms with Gasteiger partial charge in [0.05, 0.1) is 6.61 Å². The molecule has 0 spiro atoms. The van der Waals surface area contributed by atoms with Crippen LogP contribution in [0.1, 0.15) is 23.6 Å². The lowest BCUT2D eigenvalue weighted by Crippen LogP contribution is -2.21. The number of nitrogens with one attached hydrogen (secondary N) is 1. The third-order valence-corrected chi connectivity index (χ3v) is 4.56. The zero-order chi connectivity index (χ0) is 20.6. The molecule has 1 N–H and O–H groups in total. The van der Waals surface area contributed by atoms with Crippen molar-refractivity contribution in [3.63, 3.8) is 0 Å². The highest BCUT2D eigenvalue weighted by Gasteiger charge is 2.10. The number of hydrogen-bond donors (Lipinski definition) is 1. The van der Waals surface area contributed by atoms with Crippen LogP contribution in [0.5, 0.6) is 11.5 Å². The smallest absolute Gasteiger partial charge is 0.161 e. The van der Waals surface area contributed by atoms with Crippen molar-refractivity contribution < 1.29 is 18.3 Å². The second kappa shape index (κ2) is 9.98. The van der Waals surface area contributed by atoms with E-state index in [-0.39, 0.29) is 11.6 Å². The molecule has 3 nitrogen and oxygen atoms in total. The molecule has 0 amide bonds. The number of ether oxygens (including phenoxy) is 2. The fourth-order valence-corrected chi connectivity index (χ4v) is 2.86. The van der Waals surface area contributed by atoms with Crippen LogP contribution in [0.25, 0.3) is 0 Å². The summed E-state index contributed by atoms with van der Waals surface area (Å²) in [4.78, 5) is 0.556. The van der Waals surface area contributed by atoms with Crippen molar-refractivity contribution in [2.24, 2.45) is 0 Å². The Morgan fingerprint density at radius 2 is 1.45 bits per heavy atom. The molecule has 0 radical (unpaired) electrons. The minimum Gasteiger partial charge on any atom is -0.490 e. The van der Waals surface area contributed by atoms with E-state index in [1.807, 2.05) is 19.1 Å². The summed E-state index contributed by atoms with van der Waals surface area (Å²) in [5, 5.41) is 3.16. The van der Waals surface area contributed by atoms with Crippen LogP contribution in [0.3, 0.4) is 0 Å². The van der Waals surface area contributed by atoms with Crippen LogP contribution >= 0.6 is 12.2 Å². The van der Waals surface area contributed by atoms with Crippen LogP contribution in [-0.2, 0) is 13.2 Å². The fourth-order valence-electron chi connectivity index (χ4n) is 2.67. The van der Waals surface area contributed by atoms with Crippen LogP contribution in [0.15, 0.2) is 66.7 Å². The molecule has 0 aliphatic rings. The molecule has 0 saturated carbocycles. The van der Waals surface area contributed by atoms with Gasteiger partial charge in [-0.05, 0) is 60.5 Å². The van der Waals surface area contributed by atoms with Gasteiger partial charge in [-0.1, -0.05) is 36.5 Å². The van der Waals surface area contributed by atoms with Gasteiger partial charge in [0.15, 0.2) is 11.5 Å². The van der Waals surface area contributed by atoms with Crippen LogP contribution in [0.2, 0.25) is 0 Å². The Balaban J connectivity index is 1.66. The monoisotopic (exact) mass is 413 g/mol. The normalized spacial score (nSPS) is 10.4. The first-order valence-electron chi connectivity index (χ1n) is 9.22. The molecule has 29 heavy (non-hydrogen) atoms. The summed E-state index contributed by atoms with van der Waals surface area (Å²) in [6, 6.07) is 17.9. The topological polar surface area (TPSA) is 30.5 Å². The summed E-state index contributed by atoms with van der Waals surface area (Å²) in [5.41, 5.74) is 2.58. The van der Waals surface area contributed by atoms with Crippen LogP contribution < -0.4 is 14.8 Å². The summed E-state index contributed by atoms with van der Waals surface area (Å²) in [5.74, 6) is 0.614. The van der Waals surface area contributed by atoms with E-state index in [4.69, 9.17) is 21.7 Å². The van der Waals surface area contributed by atoms with Crippen molar-refractivity contribution in [1.82, 2.24) is 5.32 Å². The molecule has 3 rings (SSSR count). The maximum absolute atomic E-state index is 13.0. The summed E-state index contributed by atoms with van der Waals surface area (Å²) in [7, 11) is 0. The van der Waals surface area contributed by atoms with Gasteiger partial charge in [0, 0.05) is 12.1 Å². The third kappa shape index (κ3) is 5.99. The molecule has 6 heteroatoms. The Morgan fingerprint density at radius 1 is 0.828 bits per heavy atom. The summed E-state index contributed by atoms with van der Waals surface area (Å²) in [6.45, 7) is 3.16. The molecular weight excluding hydrogens is 392 g/mol. The molecule has 0 atom stereocenters. The van der Waals surface area contributed by atoms with Crippen molar-refractivity contribution in [2.45, 2.75) is 20.1 Å². The van der Waals surface area contributed by atoms with Crippen molar-refractivity contribution in [1.29, 1.82) is 0 Å². The molecule has 0 unspecified atom stereocenters. The number of benzene rings is 3. The van der Waals surface area contributed by atoms with Crippen LogP contribution in [-0.4, -0.2) is 11.6 Å². The maximum atomic E-state index is 13.0. The van der Waals surface area contributed by atoms with E-state index in [2.05, 4.69) is 5.32 Å². The molecular formula is C23H21F2NO2S. The predicted molar refractivity (Wildman–Crippen MR) is 113 cm³/mol. The minimum absolute atomic E-state index is 0.270. The van der Waals surface area contributed by atoms with E-state index < -0.39 is 0 Å². The molecule has 0 aliphatic heterocycles. The standard InChI is InChI=1S/C23H21F2NO2S/c1-2-27-22-13-18(23(29)26-14-16-3-8-19(24)9-4-16)7-12-21(22)28-15-17-5-10-20(25)11-6-17/h3-13H,2,14-15H2,1H3,(H,26,29). The molecule has 3 aromatic rings. The highest BCUT2D eigenvalue weighted by atomic mass is 32.1. The van der Waals surface area contributed by atoms with Crippen molar-refractivity contribution in [3.05, 3.63) is 95.1 Å². The lowest BCUT2D eigenvalue weighted by Gasteiger charge is -2.15. The Hall–Kier alpha value is -2.99. The molecule has 0 aromatic heterocycles. The highest BCUT2D eigenvalue weighted by molar-refractivity contribution is 7.80. The minimum atomic E-state index is -0.283. The largest absolute Gasteiger partial charge is 0.490 e. The lowest BCUT2D eigenvalue weighted by molar-refractivity contribution is 0.269. The van der Waals surface area contributed by atoms with Gasteiger partial charge in [0.25, 0.3) is 0 Å². The fraction of sp³-hybridized carbons (Fsp3) is 0.174. The summed E-state index contributed by atoms with van der Waals surface area (Å²) >= 11 is 5.47. The van der Waals surface area contributed by atoms with Crippen molar-refractivity contribution in [3.8, 4) is 11.5 Å². The zero-order valence-corrected chi connectivity index (χ0v) is 16.8. The molecule has 0 saturated heterocycles. The molecule has 150 valence electrons. The average Bonchev–Trinajstić information content (AvgIpc) is 2.73. The number of halogens is 2. The quantitative estimate of drug-likeness (QED) is 0.501. The second-order valence-corrected chi connectivity index (χ2v) is 6.73. The second-order valence-electron chi connectivity index (χ2n) is 6.32. The van der Waals surface area contributed by atoms with Crippen LogP contribution in [0.4, 0.5) is 8.78 Å². The van der Waals surface area contributed by atoms with Gasteiger partial charge in [-0.3, -0.25) is 0 Å². The Labute approximate surface area is 174 Å². The maximum Gasteiger partial charge on any atom is 0.161 e. The van der Waals surface area contributed by atoms with E-state index in [9.17, 15) is 8.78 Å². The zero-order valence-electron chi connectivity index (χ0n) is 16.0. The van der Waals surface area contributed by atoms with Crippen molar-refractivity contribution in [2.75, 3.05) is 6.61 Å². The summed E-state index contributed by atoms with van der Waals surface area (Å²) in [6.07, 6.45) is 0. The van der Waals surface area contributed by atoms with E-state index in [0.29, 0.717) is 36.2 Å². The molecule has 0 heterocycles. The predicted octanol–water partition coefficient (Wildman–Crippen LogP) is 5.41. The Kier molecular flexibility index (Phi) is 7.14. The Bertz CT molecular complexity index is 960. The third-order valence-electron chi connectivity index (χ3n) is 4.18. The highest BCUT2D eigenvalue weighted by Crippen LogP contribution is 2.29.